The number of nitrogens with zero attached hydrogens (tertiary/aromatic N) is 1. The fourth-order valence-corrected chi connectivity index (χ4v) is 2.48. The molecule has 0 bridgehead atoms. The van der Waals surface area contributed by atoms with Crippen molar-refractivity contribution in [2.75, 3.05) is 11.9 Å². The van der Waals surface area contributed by atoms with Crippen LogP contribution in [0.3, 0.4) is 0 Å². The number of fused-ring (bicyclic) bond motifs is 1. The van der Waals surface area contributed by atoms with Crippen LogP contribution in [0, 0.1) is 6.92 Å². The minimum absolute atomic E-state index is 0.613. The van der Waals surface area contributed by atoms with E-state index < -0.39 is 0 Å². The Balaban J connectivity index is 2.13. The number of para-hydroxylation sites is 1. The van der Waals surface area contributed by atoms with Gasteiger partial charge in [-0.05, 0) is 43.7 Å². The Kier molecular flexibility index (Phi) is 3.73. The van der Waals surface area contributed by atoms with Gasteiger partial charge < -0.3 is 10.1 Å². The van der Waals surface area contributed by atoms with Crippen LogP contribution in [0.25, 0.3) is 10.8 Å². The van der Waals surface area contributed by atoms with E-state index in [1.165, 1.54) is 0 Å². The minimum atomic E-state index is 0.613. The number of rotatable bonds is 4. The molecule has 1 aromatic heterocycles. The Morgan fingerprint density at radius 1 is 1.05 bits per heavy atom. The van der Waals surface area contributed by atoms with E-state index in [-0.39, 0.29) is 0 Å². The van der Waals surface area contributed by atoms with Gasteiger partial charge in [0.05, 0.1) is 6.61 Å². The van der Waals surface area contributed by atoms with E-state index in [0.717, 1.165) is 27.7 Å². The van der Waals surface area contributed by atoms with Crippen molar-refractivity contribution >= 4 is 22.1 Å². The number of ether oxygens (including phenoxy) is 1. The largest absolute Gasteiger partial charge is 0.478 e. The zero-order chi connectivity index (χ0) is 14.7. The van der Waals surface area contributed by atoms with Gasteiger partial charge in [0.25, 0.3) is 0 Å². The van der Waals surface area contributed by atoms with Gasteiger partial charge in [-0.25, -0.2) is 4.98 Å². The first-order valence-corrected chi connectivity index (χ1v) is 7.13. The molecular weight excluding hydrogens is 260 g/mol. The second kappa shape index (κ2) is 5.83. The van der Waals surface area contributed by atoms with E-state index in [1.54, 1.807) is 0 Å². The van der Waals surface area contributed by atoms with Crippen LogP contribution in [-0.2, 0) is 0 Å². The molecule has 0 saturated carbocycles. The average molecular weight is 278 g/mol. The third-order valence-electron chi connectivity index (χ3n) is 3.40. The normalized spacial score (nSPS) is 10.6. The van der Waals surface area contributed by atoms with Gasteiger partial charge in [0.1, 0.15) is 0 Å². The summed E-state index contributed by atoms with van der Waals surface area (Å²) in [4.78, 5) is 4.39. The van der Waals surface area contributed by atoms with E-state index in [0.29, 0.717) is 12.5 Å². The first-order chi connectivity index (χ1) is 10.3. The Morgan fingerprint density at radius 2 is 1.86 bits per heavy atom. The maximum Gasteiger partial charge on any atom is 0.221 e. The molecule has 3 rings (SSSR count). The van der Waals surface area contributed by atoms with Gasteiger partial charge in [0.2, 0.25) is 5.88 Å². The monoisotopic (exact) mass is 278 g/mol. The summed E-state index contributed by atoms with van der Waals surface area (Å²) >= 11 is 0. The van der Waals surface area contributed by atoms with Gasteiger partial charge in [-0.15, -0.1) is 0 Å². The molecule has 2 aromatic carbocycles. The van der Waals surface area contributed by atoms with Gasteiger partial charge in [0, 0.05) is 28.3 Å². The molecule has 0 aliphatic carbocycles. The lowest BCUT2D eigenvalue weighted by atomic mass is 10.1. The summed E-state index contributed by atoms with van der Waals surface area (Å²) in [5, 5.41) is 5.67. The van der Waals surface area contributed by atoms with Crippen LogP contribution >= 0.6 is 0 Å². The zero-order valence-electron chi connectivity index (χ0n) is 12.3. The average Bonchev–Trinajstić information content (AvgIpc) is 2.51. The number of pyridine rings is 1. The molecule has 0 unspecified atom stereocenters. The molecular formula is C18H18N2O. The molecule has 0 amide bonds. The van der Waals surface area contributed by atoms with Crippen molar-refractivity contribution in [3.05, 3.63) is 60.3 Å². The van der Waals surface area contributed by atoms with E-state index in [2.05, 4.69) is 41.5 Å². The van der Waals surface area contributed by atoms with Crippen molar-refractivity contribution < 1.29 is 4.74 Å². The molecule has 3 nitrogen and oxygen atoms in total. The Labute approximate surface area is 124 Å². The van der Waals surface area contributed by atoms with E-state index in [9.17, 15) is 0 Å². The van der Waals surface area contributed by atoms with Gasteiger partial charge in [-0.1, -0.05) is 24.3 Å². The molecule has 0 atom stereocenters. The van der Waals surface area contributed by atoms with Crippen LogP contribution in [0.2, 0.25) is 0 Å². The molecule has 0 aliphatic heterocycles. The summed E-state index contributed by atoms with van der Waals surface area (Å²) in [5.41, 5.74) is 3.27. The number of aromatic nitrogens is 1. The highest BCUT2D eigenvalue weighted by Gasteiger charge is 2.10. The second-order valence-corrected chi connectivity index (χ2v) is 4.90. The quantitative estimate of drug-likeness (QED) is 0.752. The first kappa shape index (κ1) is 13.4. The maximum atomic E-state index is 5.64. The summed E-state index contributed by atoms with van der Waals surface area (Å²) in [7, 11) is 0. The fraction of sp³-hybridized carbons (Fsp3) is 0.167. The molecule has 3 aromatic rings. The highest BCUT2D eigenvalue weighted by atomic mass is 16.5. The Morgan fingerprint density at radius 3 is 2.62 bits per heavy atom. The number of benzene rings is 2. The highest BCUT2D eigenvalue weighted by molar-refractivity contribution is 6.00. The Bertz CT molecular complexity index is 754. The summed E-state index contributed by atoms with van der Waals surface area (Å²) in [6, 6.07) is 16.3. The molecule has 3 heteroatoms. The molecule has 21 heavy (non-hydrogen) atoms. The number of nitrogens with one attached hydrogen (secondary N) is 1. The van der Waals surface area contributed by atoms with Crippen LogP contribution in [0.15, 0.2) is 54.7 Å². The van der Waals surface area contributed by atoms with Crippen LogP contribution in [-0.4, -0.2) is 11.6 Å². The molecule has 0 aliphatic rings. The van der Waals surface area contributed by atoms with Crippen molar-refractivity contribution in [3.8, 4) is 5.88 Å². The van der Waals surface area contributed by atoms with Crippen LogP contribution < -0.4 is 10.1 Å². The molecule has 1 heterocycles. The van der Waals surface area contributed by atoms with Crippen LogP contribution in [0.4, 0.5) is 11.4 Å². The first-order valence-electron chi connectivity index (χ1n) is 7.13. The second-order valence-electron chi connectivity index (χ2n) is 4.90. The summed E-state index contributed by atoms with van der Waals surface area (Å²) in [6.45, 7) is 4.65. The van der Waals surface area contributed by atoms with Crippen molar-refractivity contribution in [2.24, 2.45) is 0 Å². The SMILES string of the molecule is CCOc1ncc(C)c2c(Nc3ccccc3)cccc12. The molecule has 0 saturated heterocycles. The molecule has 1 N–H and O–H groups in total. The lowest BCUT2D eigenvalue weighted by Crippen LogP contribution is -1.98. The fourth-order valence-electron chi connectivity index (χ4n) is 2.48. The number of hydrogen-bond donors (Lipinski definition) is 1. The van der Waals surface area contributed by atoms with Gasteiger partial charge in [0.15, 0.2) is 0 Å². The predicted octanol–water partition coefficient (Wildman–Crippen LogP) is 4.69. The van der Waals surface area contributed by atoms with Crippen molar-refractivity contribution in [2.45, 2.75) is 13.8 Å². The zero-order valence-corrected chi connectivity index (χ0v) is 12.3. The standard InChI is InChI=1S/C18H18N2O/c1-3-21-18-15-10-7-11-16(17(15)13(2)12-19-18)20-14-8-5-4-6-9-14/h4-12,20H,3H2,1-2H3. The minimum Gasteiger partial charge on any atom is -0.478 e. The third-order valence-corrected chi connectivity index (χ3v) is 3.40. The van der Waals surface area contributed by atoms with Crippen molar-refractivity contribution in [1.29, 1.82) is 0 Å². The number of aryl methyl sites for hydroxylation is 1. The third kappa shape index (κ3) is 2.68. The topological polar surface area (TPSA) is 34.1 Å². The summed E-state index contributed by atoms with van der Waals surface area (Å²) in [6.07, 6.45) is 1.86. The van der Waals surface area contributed by atoms with Crippen molar-refractivity contribution in [3.63, 3.8) is 0 Å². The van der Waals surface area contributed by atoms with Gasteiger partial charge >= 0.3 is 0 Å². The lowest BCUT2D eigenvalue weighted by molar-refractivity contribution is 0.331. The Hall–Kier alpha value is -2.55. The summed E-state index contributed by atoms with van der Waals surface area (Å²) < 4.78 is 5.64. The van der Waals surface area contributed by atoms with Crippen LogP contribution in [0.1, 0.15) is 12.5 Å². The highest BCUT2D eigenvalue weighted by Crippen LogP contribution is 2.33. The van der Waals surface area contributed by atoms with Crippen molar-refractivity contribution in [1.82, 2.24) is 4.98 Å². The van der Waals surface area contributed by atoms with Gasteiger partial charge in [-0.3, -0.25) is 0 Å². The van der Waals surface area contributed by atoms with E-state index in [1.807, 2.05) is 37.4 Å². The van der Waals surface area contributed by atoms with Gasteiger partial charge in [-0.2, -0.15) is 0 Å². The molecule has 106 valence electrons. The molecule has 0 spiro atoms. The number of hydrogen-bond acceptors (Lipinski definition) is 3. The number of anilines is 2. The smallest absolute Gasteiger partial charge is 0.221 e. The van der Waals surface area contributed by atoms with E-state index >= 15 is 0 Å². The maximum absolute atomic E-state index is 5.64. The molecule has 0 radical (unpaired) electrons. The lowest BCUT2D eigenvalue weighted by Gasteiger charge is -2.14. The van der Waals surface area contributed by atoms with Crippen LogP contribution in [0.5, 0.6) is 5.88 Å². The molecule has 0 fully saturated rings. The predicted molar refractivity (Wildman–Crippen MR) is 87.4 cm³/mol. The summed E-state index contributed by atoms with van der Waals surface area (Å²) in [5.74, 6) is 0.690. The van der Waals surface area contributed by atoms with E-state index in [4.69, 9.17) is 4.74 Å².